The highest BCUT2D eigenvalue weighted by atomic mass is 79.9. The molecule has 0 bridgehead atoms. The minimum Gasteiger partial charge on any atom is -0.494 e. The molecule has 1 aliphatic rings. The van der Waals surface area contributed by atoms with Crippen molar-refractivity contribution in [3.05, 3.63) is 29.6 Å². The smallest absolute Gasteiger partial charge is 0.165 e. The van der Waals surface area contributed by atoms with Gasteiger partial charge >= 0.3 is 0 Å². The molecule has 0 amide bonds. The SMILES string of the molecule is COc1ccc(C2(CBr)CCCCC2)cc1F. The van der Waals surface area contributed by atoms with Gasteiger partial charge in [-0.25, -0.2) is 4.39 Å². The van der Waals surface area contributed by atoms with Crippen LogP contribution < -0.4 is 4.74 Å². The maximum absolute atomic E-state index is 13.8. The summed E-state index contributed by atoms with van der Waals surface area (Å²) < 4.78 is 18.7. The highest BCUT2D eigenvalue weighted by Gasteiger charge is 2.33. The maximum atomic E-state index is 13.8. The van der Waals surface area contributed by atoms with Crippen LogP contribution in [0.15, 0.2) is 18.2 Å². The molecule has 0 aromatic heterocycles. The molecule has 0 radical (unpaired) electrons. The lowest BCUT2D eigenvalue weighted by atomic mass is 9.71. The minimum absolute atomic E-state index is 0.116. The van der Waals surface area contributed by atoms with Crippen LogP contribution >= 0.6 is 15.9 Å². The molecule has 1 aromatic rings. The van der Waals surface area contributed by atoms with Gasteiger partial charge in [0.15, 0.2) is 11.6 Å². The van der Waals surface area contributed by atoms with Gasteiger partial charge < -0.3 is 4.74 Å². The first-order valence-electron chi connectivity index (χ1n) is 6.12. The lowest BCUT2D eigenvalue weighted by Crippen LogP contribution is -2.30. The van der Waals surface area contributed by atoms with Crippen molar-refractivity contribution in [2.45, 2.75) is 37.5 Å². The van der Waals surface area contributed by atoms with E-state index in [2.05, 4.69) is 15.9 Å². The fourth-order valence-corrected chi connectivity index (χ4v) is 3.61. The topological polar surface area (TPSA) is 9.23 Å². The monoisotopic (exact) mass is 300 g/mol. The van der Waals surface area contributed by atoms with E-state index in [9.17, 15) is 4.39 Å². The second-order valence-corrected chi connectivity index (χ2v) is 5.38. The summed E-state index contributed by atoms with van der Waals surface area (Å²) in [7, 11) is 1.50. The van der Waals surface area contributed by atoms with Gasteiger partial charge in [0.05, 0.1) is 7.11 Å². The largest absolute Gasteiger partial charge is 0.494 e. The summed E-state index contributed by atoms with van der Waals surface area (Å²) >= 11 is 3.61. The fourth-order valence-electron chi connectivity index (χ4n) is 2.72. The summed E-state index contributed by atoms with van der Waals surface area (Å²) in [5.74, 6) is 0.0742. The second-order valence-electron chi connectivity index (χ2n) is 4.82. The standard InChI is InChI=1S/C14H18BrFO/c1-17-13-6-5-11(9-12(13)16)14(10-15)7-3-2-4-8-14/h5-6,9H,2-4,7-8,10H2,1H3. The highest BCUT2D eigenvalue weighted by Crippen LogP contribution is 2.41. The number of halogens is 2. The molecule has 0 atom stereocenters. The molecule has 0 aliphatic heterocycles. The molecule has 0 saturated heterocycles. The molecular formula is C14H18BrFO. The van der Waals surface area contributed by atoms with E-state index in [1.807, 2.05) is 6.07 Å². The quantitative estimate of drug-likeness (QED) is 0.750. The van der Waals surface area contributed by atoms with E-state index in [0.29, 0.717) is 5.75 Å². The molecule has 1 aliphatic carbocycles. The Hall–Kier alpha value is -0.570. The van der Waals surface area contributed by atoms with Crippen LogP contribution in [0.25, 0.3) is 0 Å². The van der Waals surface area contributed by atoms with Crippen molar-refractivity contribution in [3.8, 4) is 5.75 Å². The molecule has 0 N–H and O–H groups in total. The predicted molar refractivity (Wildman–Crippen MR) is 71.5 cm³/mol. The Morgan fingerprint density at radius 1 is 1.29 bits per heavy atom. The van der Waals surface area contributed by atoms with Gasteiger partial charge in [-0.1, -0.05) is 41.3 Å². The minimum atomic E-state index is -0.254. The first kappa shape index (κ1) is 12.9. The molecular weight excluding hydrogens is 283 g/mol. The average molecular weight is 301 g/mol. The zero-order valence-corrected chi connectivity index (χ0v) is 11.7. The van der Waals surface area contributed by atoms with Crippen molar-refractivity contribution in [1.82, 2.24) is 0 Å². The molecule has 17 heavy (non-hydrogen) atoms. The second kappa shape index (κ2) is 5.38. The molecule has 1 aromatic carbocycles. The van der Waals surface area contributed by atoms with E-state index in [0.717, 1.165) is 23.7 Å². The molecule has 0 heterocycles. The fraction of sp³-hybridized carbons (Fsp3) is 0.571. The van der Waals surface area contributed by atoms with Crippen LogP contribution in [0.3, 0.4) is 0 Å². The summed E-state index contributed by atoms with van der Waals surface area (Å²) in [6, 6.07) is 5.39. The molecule has 0 spiro atoms. The Kier molecular flexibility index (Phi) is 4.08. The van der Waals surface area contributed by atoms with Gasteiger partial charge in [0.1, 0.15) is 0 Å². The normalized spacial score (nSPS) is 19.0. The summed E-state index contributed by atoms with van der Waals surface area (Å²) in [4.78, 5) is 0. The van der Waals surface area contributed by atoms with E-state index in [1.54, 1.807) is 12.1 Å². The van der Waals surface area contributed by atoms with Crippen molar-refractivity contribution in [3.63, 3.8) is 0 Å². The summed E-state index contributed by atoms with van der Waals surface area (Å²) in [5.41, 5.74) is 1.22. The van der Waals surface area contributed by atoms with Crippen LogP contribution in [-0.4, -0.2) is 12.4 Å². The summed E-state index contributed by atoms with van der Waals surface area (Å²) in [6.45, 7) is 0. The zero-order chi connectivity index (χ0) is 12.3. The van der Waals surface area contributed by atoms with Crippen molar-refractivity contribution in [1.29, 1.82) is 0 Å². The van der Waals surface area contributed by atoms with E-state index in [-0.39, 0.29) is 11.2 Å². The molecule has 2 rings (SSSR count). The predicted octanol–water partition coefficient (Wildman–Crippen LogP) is 4.43. The number of hydrogen-bond acceptors (Lipinski definition) is 1. The third-order valence-corrected chi connectivity index (χ3v) is 4.90. The van der Waals surface area contributed by atoms with Crippen LogP contribution in [0, 0.1) is 5.82 Å². The molecule has 94 valence electrons. The van der Waals surface area contributed by atoms with Crippen molar-refractivity contribution < 1.29 is 9.13 Å². The number of alkyl halides is 1. The van der Waals surface area contributed by atoms with Gasteiger partial charge in [-0.05, 0) is 30.5 Å². The third-order valence-electron chi connectivity index (χ3n) is 3.83. The van der Waals surface area contributed by atoms with Crippen LogP contribution in [0.2, 0.25) is 0 Å². The van der Waals surface area contributed by atoms with E-state index in [1.165, 1.54) is 26.4 Å². The first-order chi connectivity index (χ1) is 8.22. The molecule has 0 unspecified atom stereocenters. The average Bonchev–Trinajstić information content (AvgIpc) is 2.39. The Balaban J connectivity index is 2.33. The van der Waals surface area contributed by atoms with Gasteiger partial charge in [0.25, 0.3) is 0 Å². The zero-order valence-electron chi connectivity index (χ0n) is 10.1. The van der Waals surface area contributed by atoms with Crippen LogP contribution in [-0.2, 0) is 5.41 Å². The summed E-state index contributed by atoms with van der Waals surface area (Å²) in [5, 5.41) is 0.909. The highest BCUT2D eigenvalue weighted by molar-refractivity contribution is 9.09. The molecule has 3 heteroatoms. The summed E-state index contributed by atoms with van der Waals surface area (Å²) in [6.07, 6.45) is 6.06. The van der Waals surface area contributed by atoms with Gasteiger partial charge in [-0.15, -0.1) is 0 Å². The van der Waals surface area contributed by atoms with E-state index < -0.39 is 0 Å². The van der Waals surface area contributed by atoms with Crippen molar-refractivity contribution in [2.24, 2.45) is 0 Å². The van der Waals surface area contributed by atoms with Gasteiger partial charge in [-0.2, -0.15) is 0 Å². The third kappa shape index (κ3) is 2.49. The van der Waals surface area contributed by atoms with E-state index >= 15 is 0 Å². The van der Waals surface area contributed by atoms with Crippen molar-refractivity contribution in [2.75, 3.05) is 12.4 Å². The van der Waals surface area contributed by atoms with Gasteiger partial charge in [0.2, 0.25) is 0 Å². The number of ether oxygens (including phenoxy) is 1. The first-order valence-corrected chi connectivity index (χ1v) is 7.24. The lowest BCUT2D eigenvalue weighted by Gasteiger charge is -2.36. The Labute approximate surface area is 110 Å². The van der Waals surface area contributed by atoms with Crippen LogP contribution in [0.5, 0.6) is 5.75 Å². The number of rotatable bonds is 3. The Morgan fingerprint density at radius 2 is 2.00 bits per heavy atom. The maximum Gasteiger partial charge on any atom is 0.165 e. The van der Waals surface area contributed by atoms with Crippen molar-refractivity contribution >= 4 is 15.9 Å². The number of methoxy groups -OCH3 is 1. The molecule has 1 nitrogen and oxygen atoms in total. The Morgan fingerprint density at radius 3 is 2.53 bits per heavy atom. The Bertz CT molecular complexity index is 386. The lowest BCUT2D eigenvalue weighted by molar-refractivity contribution is 0.324. The molecule has 1 fully saturated rings. The van der Waals surface area contributed by atoms with E-state index in [4.69, 9.17) is 4.74 Å². The number of benzene rings is 1. The van der Waals surface area contributed by atoms with Crippen LogP contribution in [0.1, 0.15) is 37.7 Å². The van der Waals surface area contributed by atoms with Gasteiger partial charge in [-0.3, -0.25) is 0 Å². The number of hydrogen-bond donors (Lipinski definition) is 0. The molecule has 1 saturated carbocycles. The van der Waals surface area contributed by atoms with Crippen LogP contribution in [0.4, 0.5) is 4.39 Å². The van der Waals surface area contributed by atoms with Gasteiger partial charge in [0, 0.05) is 10.7 Å².